The molecular formula is C16H22N2O. The summed E-state index contributed by atoms with van der Waals surface area (Å²) in [4.78, 5) is 4.64. The van der Waals surface area contributed by atoms with E-state index in [0.717, 1.165) is 23.6 Å². The molecule has 102 valence electrons. The van der Waals surface area contributed by atoms with Gasteiger partial charge in [-0.3, -0.25) is 0 Å². The van der Waals surface area contributed by atoms with Crippen LogP contribution in [0.15, 0.2) is 30.3 Å². The second-order valence-corrected chi connectivity index (χ2v) is 5.76. The van der Waals surface area contributed by atoms with Gasteiger partial charge in [-0.1, -0.05) is 30.3 Å². The van der Waals surface area contributed by atoms with Gasteiger partial charge in [0.1, 0.15) is 5.82 Å². The zero-order chi connectivity index (χ0) is 14.0. The molecule has 0 aliphatic rings. The summed E-state index contributed by atoms with van der Waals surface area (Å²) >= 11 is 0. The number of aliphatic hydroxyl groups is 1. The minimum atomic E-state index is -0.733. The Bertz CT molecular complexity index is 550. The van der Waals surface area contributed by atoms with Crippen molar-refractivity contribution in [2.45, 2.75) is 46.3 Å². The second-order valence-electron chi connectivity index (χ2n) is 5.76. The average Bonchev–Trinajstić information content (AvgIpc) is 2.57. The molecule has 1 aromatic heterocycles. The summed E-state index contributed by atoms with van der Waals surface area (Å²) in [5.74, 6) is 1.02. The first-order valence-electron chi connectivity index (χ1n) is 6.66. The first kappa shape index (κ1) is 13.8. The van der Waals surface area contributed by atoms with E-state index in [1.165, 1.54) is 5.56 Å². The number of hydrogen-bond donors (Lipinski definition) is 1. The molecule has 1 heterocycles. The molecular weight excluding hydrogens is 236 g/mol. The quantitative estimate of drug-likeness (QED) is 0.915. The molecule has 0 atom stereocenters. The minimum Gasteiger partial charge on any atom is -0.389 e. The molecule has 0 aliphatic heterocycles. The maximum absolute atomic E-state index is 10.0. The molecule has 2 rings (SSSR count). The lowest BCUT2D eigenvalue weighted by Crippen LogP contribution is -2.27. The molecule has 0 unspecified atom stereocenters. The maximum atomic E-state index is 10.0. The van der Waals surface area contributed by atoms with Gasteiger partial charge >= 0.3 is 0 Å². The lowest BCUT2D eigenvalue weighted by atomic mass is 10.1. The lowest BCUT2D eigenvalue weighted by molar-refractivity contribution is 0.0601. The highest BCUT2D eigenvalue weighted by molar-refractivity contribution is 5.23. The number of hydrogen-bond acceptors (Lipinski definition) is 2. The predicted molar refractivity (Wildman–Crippen MR) is 77.2 cm³/mol. The van der Waals surface area contributed by atoms with Crippen LogP contribution in [0.1, 0.15) is 36.6 Å². The molecule has 1 N–H and O–H groups in total. The largest absolute Gasteiger partial charge is 0.389 e. The standard InChI is InChI=1S/C16H22N2O/c1-12-13(2)18(11-16(3,4)19)15(17-12)10-14-8-6-5-7-9-14/h5-9,19H,10-11H2,1-4H3. The Balaban J connectivity index is 2.32. The number of rotatable bonds is 4. The Hall–Kier alpha value is -1.61. The molecule has 0 saturated heterocycles. The van der Waals surface area contributed by atoms with E-state index < -0.39 is 5.60 Å². The molecule has 0 amide bonds. The molecule has 19 heavy (non-hydrogen) atoms. The summed E-state index contributed by atoms with van der Waals surface area (Å²) in [5, 5.41) is 10.0. The summed E-state index contributed by atoms with van der Waals surface area (Å²) in [6.07, 6.45) is 0.797. The number of aryl methyl sites for hydroxylation is 1. The molecule has 0 bridgehead atoms. The molecule has 2 aromatic rings. The number of aromatic nitrogens is 2. The topological polar surface area (TPSA) is 38.0 Å². The highest BCUT2D eigenvalue weighted by Gasteiger charge is 2.19. The van der Waals surface area contributed by atoms with Crippen molar-refractivity contribution in [3.05, 3.63) is 53.1 Å². The van der Waals surface area contributed by atoms with Crippen molar-refractivity contribution in [1.29, 1.82) is 0 Å². The van der Waals surface area contributed by atoms with Gasteiger partial charge in [-0.2, -0.15) is 0 Å². The van der Waals surface area contributed by atoms with Gasteiger partial charge in [-0.25, -0.2) is 4.98 Å². The Morgan fingerprint density at radius 3 is 2.37 bits per heavy atom. The molecule has 0 saturated carbocycles. The van der Waals surface area contributed by atoms with Crippen LogP contribution < -0.4 is 0 Å². The van der Waals surface area contributed by atoms with Gasteiger partial charge < -0.3 is 9.67 Å². The van der Waals surface area contributed by atoms with Crippen molar-refractivity contribution in [2.75, 3.05) is 0 Å². The third-order valence-corrected chi connectivity index (χ3v) is 3.29. The van der Waals surface area contributed by atoms with E-state index in [-0.39, 0.29) is 0 Å². The molecule has 0 radical (unpaired) electrons. The molecule has 0 fully saturated rings. The van der Waals surface area contributed by atoms with Crippen LogP contribution >= 0.6 is 0 Å². The first-order chi connectivity index (χ1) is 8.87. The van der Waals surface area contributed by atoms with Crippen LogP contribution in [0.4, 0.5) is 0 Å². The van der Waals surface area contributed by atoms with E-state index in [9.17, 15) is 5.11 Å². The lowest BCUT2D eigenvalue weighted by Gasteiger charge is -2.21. The molecule has 3 nitrogen and oxygen atoms in total. The summed E-state index contributed by atoms with van der Waals surface area (Å²) < 4.78 is 2.13. The van der Waals surface area contributed by atoms with Gasteiger partial charge in [0.2, 0.25) is 0 Å². The summed E-state index contributed by atoms with van der Waals surface area (Å²) in [5.41, 5.74) is 2.68. The Morgan fingerprint density at radius 1 is 1.16 bits per heavy atom. The van der Waals surface area contributed by atoms with Crippen molar-refractivity contribution in [1.82, 2.24) is 9.55 Å². The highest BCUT2D eigenvalue weighted by Crippen LogP contribution is 2.17. The minimum absolute atomic E-state index is 0.571. The third kappa shape index (κ3) is 3.44. The summed E-state index contributed by atoms with van der Waals surface area (Å²) in [6.45, 7) is 8.30. The average molecular weight is 258 g/mol. The SMILES string of the molecule is Cc1nc(Cc2ccccc2)n(CC(C)(C)O)c1C. The van der Waals surface area contributed by atoms with Crippen molar-refractivity contribution >= 4 is 0 Å². The third-order valence-electron chi connectivity index (χ3n) is 3.29. The van der Waals surface area contributed by atoms with E-state index in [1.807, 2.05) is 39.0 Å². The van der Waals surface area contributed by atoms with E-state index >= 15 is 0 Å². The fourth-order valence-electron chi connectivity index (χ4n) is 2.23. The fraction of sp³-hybridized carbons (Fsp3) is 0.438. The van der Waals surface area contributed by atoms with Crippen molar-refractivity contribution in [3.63, 3.8) is 0 Å². The smallest absolute Gasteiger partial charge is 0.113 e. The first-order valence-corrected chi connectivity index (χ1v) is 6.66. The normalized spacial score (nSPS) is 11.8. The number of nitrogens with zero attached hydrogens (tertiary/aromatic N) is 2. The molecule has 1 aromatic carbocycles. The van der Waals surface area contributed by atoms with Crippen LogP contribution in [0.25, 0.3) is 0 Å². The Morgan fingerprint density at radius 2 is 1.79 bits per heavy atom. The van der Waals surface area contributed by atoms with Crippen LogP contribution in [-0.2, 0) is 13.0 Å². The fourth-order valence-corrected chi connectivity index (χ4v) is 2.23. The van der Waals surface area contributed by atoms with Crippen molar-refractivity contribution < 1.29 is 5.11 Å². The highest BCUT2D eigenvalue weighted by atomic mass is 16.3. The Kier molecular flexibility index (Phi) is 3.76. The molecule has 3 heteroatoms. The zero-order valence-corrected chi connectivity index (χ0v) is 12.1. The van der Waals surface area contributed by atoms with E-state index in [2.05, 4.69) is 28.6 Å². The maximum Gasteiger partial charge on any atom is 0.113 e. The zero-order valence-electron chi connectivity index (χ0n) is 12.1. The second kappa shape index (κ2) is 5.17. The van der Waals surface area contributed by atoms with Gasteiger partial charge in [0.25, 0.3) is 0 Å². The number of benzene rings is 1. The van der Waals surface area contributed by atoms with Gasteiger partial charge in [0, 0.05) is 12.1 Å². The van der Waals surface area contributed by atoms with Gasteiger partial charge in [0.15, 0.2) is 0 Å². The van der Waals surface area contributed by atoms with Crippen LogP contribution in [0.5, 0.6) is 0 Å². The predicted octanol–water partition coefficient (Wildman–Crippen LogP) is 2.86. The van der Waals surface area contributed by atoms with Gasteiger partial charge in [0.05, 0.1) is 17.8 Å². The molecule has 0 spiro atoms. The summed E-state index contributed by atoms with van der Waals surface area (Å²) in [6, 6.07) is 10.3. The van der Waals surface area contributed by atoms with Crippen LogP contribution in [-0.4, -0.2) is 20.3 Å². The molecule has 0 aliphatic carbocycles. The van der Waals surface area contributed by atoms with E-state index in [1.54, 1.807) is 0 Å². The van der Waals surface area contributed by atoms with Crippen molar-refractivity contribution in [2.24, 2.45) is 0 Å². The van der Waals surface area contributed by atoms with Crippen LogP contribution in [0.2, 0.25) is 0 Å². The van der Waals surface area contributed by atoms with E-state index in [4.69, 9.17) is 0 Å². The van der Waals surface area contributed by atoms with Crippen LogP contribution in [0.3, 0.4) is 0 Å². The number of imidazole rings is 1. The van der Waals surface area contributed by atoms with Crippen molar-refractivity contribution in [3.8, 4) is 0 Å². The van der Waals surface area contributed by atoms with E-state index in [0.29, 0.717) is 6.54 Å². The van der Waals surface area contributed by atoms with Gasteiger partial charge in [-0.05, 0) is 33.3 Å². The van der Waals surface area contributed by atoms with Crippen LogP contribution in [0, 0.1) is 13.8 Å². The monoisotopic (exact) mass is 258 g/mol. The Labute approximate surface area is 114 Å². The van der Waals surface area contributed by atoms with Gasteiger partial charge in [-0.15, -0.1) is 0 Å². The summed E-state index contributed by atoms with van der Waals surface area (Å²) in [7, 11) is 0.